The number of H-pyrrole nitrogens is 1. The molecule has 174 valence electrons. The molecule has 0 saturated carbocycles. The molecule has 1 amide bonds. The van der Waals surface area contributed by atoms with Gasteiger partial charge >= 0.3 is 0 Å². The number of rotatable bonds is 6. The van der Waals surface area contributed by atoms with Gasteiger partial charge in [-0.05, 0) is 38.4 Å². The molecule has 0 unspecified atom stereocenters. The Labute approximate surface area is 186 Å². The minimum Gasteiger partial charge on any atom is -0.381 e. The molecule has 8 nitrogen and oxygen atoms in total. The fourth-order valence-electron chi connectivity index (χ4n) is 4.32. The highest BCUT2D eigenvalue weighted by molar-refractivity contribution is 5.91. The molecule has 1 atom stereocenters. The fraction of sp³-hybridized carbons (Fsp3) is 0.591. The predicted octanol–water partition coefficient (Wildman–Crippen LogP) is 2.62. The molecule has 0 radical (unpaired) electrons. The Morgan fingerprint density at radius 1 is 1.38 bits per heavy atom. The van der Waals surface area contributed by atoms with Crippen molar-refractivity contribution in [3.05, 3.63) is 30.2 Å². The van der Waals surface area contributed by atoms with Gasteiger partial charge in [0.2, 0.25) is 5.91 Å². The van der Waals surface area contributed by atoms with Crippen LogP contribution in [-0.4, -0.2) is 89.6 Å². The number of likely N-dealkylation sites (N-methyl/N-ethyl adjacent to an activating group) is 1. The number of halogens is 2. The summed E-state index contributed by atoms with van der Waals surface area (Å²) in [7, 11) is 3.79. The molecule has 32 heavy (non-hydrogen) atoms. The largest absolute Gasteiger partial charge is 0.381 e. The molecule has 10 heteroatoms. The van der Waals surface area contributed by atoms with E-state index in [1.165, 1.54) is 17.3 Å². The van der Waals surface area contributed by atoms with Gasteiger partial charge in [0.25, 0.3) is 5.92 Å². The lowest BCUT2D eigenvalue weighted by Crippen LogP contribution is -2.55. The van der Waals surface area contributed by atoms with Crippen LogP contribution in [0.2, 0.25) is 0 Å². The highest BCUT2D eigenvalue weighted by Crippen LogP contribution is 2.37. The number of ether oxygens (including phenoxy) is 1. The van der Waals surface area contributed by atoms with Crippen molar-refractivity contribution in [2.24, 2.45) is 0 Å². The fourth-order valence-corrected chi connectivity index (χ4v) is 4.32. The summed E-state index contributed by atoms with van der Waals surface area (Å²) in [5, 5.41) is 3.70. The van der Waals surface area contributed by atoms with Crippen LogP contribution in [-0.2, 0) is 9.53 Å². The maximum atomic E-state index is 14.8. The number of likely N-dealkylation sites (tertiary alicyclic amines) is 1. The number of hydrogen-bond acceptors (Lipinski definition) is 6. The minimum atomic E-state index is -2.96. The van der Waals surface area contributed by atoms with Crippen molar-refractivity contribution in [1.82, 2.24) is 24.8 Å². The molecule has 2 aromatic heterocycles. The van der Waals surface area contributed by atoms with Gasteiger partial charge in [0.1, 0.15) is 23.8 Å². The van der Waals surface area contributed by atoms with Crippen molar-refractivity contribution in [2.45, 2.75) is 37.1 Å². The summed E-state index contributed by atoms with van der Waals surface area (Å²) in [5.41, 5.74) is 1.63. The monoisotopic (exact) mass is 448 g/mol. The third-order valence-electron chi connectivity index (χ3n) is 6.14. The maximum absolute atomic E-state index is 14.8. The number of fused-ring (bicyclic) bond motifs is 1. The highest BCUT2D eigenvalue weighted by atomic mass is 19.3. The first-order valence-corrected chi connectivity index (χ1v) is 11.0. The van der Waals surface area contributed by atoms with Crippen LogP contribution in [0.15, 0.2) is 24.7 Å². The van der Waals surface area contributed by atoms with Gasteiger partial charge in [-0.15, -0.1) is 0 Å². The minimum absolute atomic E-state index is 0.0208. The smallest absolute Gasteiger partial charge is 0.271 e. The number of nitrogens with one attached hydrogen (secondary N) is 2. The van der Waals surface area contributed by atoms with Gasteiger partial charge in [0, 0.05) is 51.5 Å². The molecule has 0 bridgehead atoms. The van der Waals surface area contributed by atoms with Crippen molar-refractivity contribution in [3.63, 3.8) is 0 Å². The van der Waals surface area contributed by atoms with E-state index in [1.54, 1.807) is 6.08 Å². The third kappa shape index (κ3) is 4.91. The van der Waals surface area contributed by atoms with E-state index < -0.39 is 18.4 Å². The molecular formula is C22H30F2N6O2. The SMILES string of the molecule is CN(C)C/C=C/C(=O)N1CCC(F)(F)[C@@H](Nc2ncnc3[nH]cc(C4CCOCC4)c23)C1. The van der Waals surface area contributed by atoms with E-state index in [1.807, 2.05) is 25.2 Å². The number of carbonyl (C=O) groups excluding carboxylic acids is 1. The normalized spacial score (nSPS) is 22.2. The van der Waals surface area contributed by atoms with Crippen LogP contribution in [0, 0.1) is 0 Å². The van der Waals surface area contributed by atoms with Crippen LogP contribution in [0.5, 0.6) is 0 Å². The van der Waals surface area contributed by atoms with E-state index in [-0.39, 0.29) is 24.9 Å². The van der Waals surface area contributed by atoms with Gasteiger partial charge in [-0.1, -0.05) is 6.08 Å². The van der Waals surface area contributed by atoms with E-state index >= 15 is 0 Å². The van der Waals surface area contributed by atoms with E-state index in [2.05, 4.69) is 20.3 Å². The number of carbonyl (C=O) groups is 1. The lowest BCUT2D eigenvalue weighted by Gasteiger charge is -2.38. The van der Waals surface area contributed by atoms with E-state index in [9.17, 15) is 13.6 Å². The summed E-state index contributed by atoms with van der Waals surface area (Å²) in [6.07, 6.45) is 7.79. The van der Waals surface area contributed by atoms with E-state index in [0.29, 0.717) is 31.2 Å². The molecule has 2 saturated heterocycles. The second kappa shape index (κ2) is 9.50. The zero-order valence-corrected chi connectivity index (χ0v) is 18.5. The number of hydrogen-bond donors (Lipinski definition) is 2. The maximum Gasteiger partial charge on any atom is 0.271 e. The zero-order chi connectivity index (χ0) is 22.7. The van der Waals surface area contributed by atoms with Crippen LogP contribution in [0.4, 0.5) is 14.6 Å². The highest BCUT2D eigenvalue weighted by Gasteiger charge is 2.45. The Morgan fingerprint density at radius 3 is 2.91 bits per heavy atom. The molecule has 2 N–H and O–H groups in total. The van der Waals surface area contributed by atoms with Gasteiger partial charge in [0.05, 0.1) is 5.39 Å². The number of nitrogens with zero attached hydrogens (tertiary/aromatic N) is 4. The summed E-state index contributed by atoms with van der Waals surface area (Å²) in [4.78, 5) is 27.6. The summed E-state index contributed by atoms with van der Waals surface area (Å²) < 4.78 is 35.1. The number of anilines is 1. The lowest BCUT2D eigenvalue weighted by molar-refractivity contribution is -0.133. The molecule has 4 heterocycles. The topological polar surface area (TPSA) is 86.4 Å². The lowest BCUT2D eigenvalue weighted by atomic mass is 9.92. The molecule has 0 aromatic carbocycles. The molecule has 4 rings (SSSR count). The molecule has 2 aromatic rings. The molecule has 0 spiro atoms. The van der Waals surface area contributed by atoms with Crippen LogP contribution < -0.4 is 5.32 Å². The number of aromatic amines is 1. The quantitative estimate of drug-likeness (QED) is 0.661. The molecule has 0 aliphatic carbocycles. The van der Waals surface area contributed by atoms with E-state index in [0.717, 1.165) is 23.8 Å². The first kappa shape index (κ1) is 22.6. The molecule has 2 fully saturated rings. The van der Waals surface area contributed by atoms with Gasteiger partial charge in [-0.2, -0.15) is 0 Å². The summed E-state index contributed by atoms with van der Waals surface area (Å²) in [6.45, 7) is 1.88. The number of piperidine rings is 1. The summed E-state index contributed by atoms with van der Waals surface area (Å²) >= 11 is 0. The Hall–Kier alpha value is -2.59. The predicted molar refractivity (Wildman–Crippen MR) is 118 cm³/mol. The van der Waals surface area contributed by atoms with Gasteiger partial charge in [-0.3, -0.25) is 4.79 Å². The average molecular weight is 449 g/mol. The van der Waals surface area contributed by atoms with Crippen molar-refractivity contribution in [1.29, 1.82) is 0 Å². The van der Waals surface area contributed by atoms with Gasteiger partial charge in [-0.25, -0.2) is 18.7 Å². The van der Waals surface area contributed by atoms with E-state index in [4.69, 9.17) is 4.74 Å². The summed E-state index contributed by atoms with van der Waals surface area (Å²) in [5.74, 6) is -2.58. The van der Waals surface area contributed by atoms with Crippen molar-refractivity contribution < 1.29 is 18.3 Å². The average Bonchev–Trinajstić information content (AvgIpc) is 3.20. The second-order valence-corrected chi connectivity index (χ2v) is 8.73. The Balaban J connectivity index is 1.55. The van der Waals surface area contributed by atoms with Crippen LogP contribution in [0.3, 0.4) is 0 Å². The van der Waals surface area contributed by atoms with Crippen molar-refractivity contribution in [2.75, 3.05) is 52.3 Å². The third-order valence-corrected chi connectivity index (χ3v) is 6.14. The Kier molecular flexibility index (Phi) is 6.71. The van der Waals surface area contributed by atoms with Crippen LogP contribution >= 0.6 is 0 Å². The van der Waals surface area contributed by atoms with Crippen molar-refractivity contribution in [3.8, 4) is 0 Å². The van der Waals surface area contributed by atoms with Crippen LogP contribution in [0.25, 0.3) is 11.0 Å². The Bertz CT molecular complexity index is 970. The number of aromatic nitrogens is 3. The van der Waals surface area contributed by atoms with Gasteiger partial charge < -0.3 is 24.8 Å². The second-order valence-electron chi connectivity index (χ2n) is 8.73. The first-order chi connectivity index (χ1) is 15.3. The van der Waals surface area contributed by atoms with Crippen LogP contribution in [0.1, 0.15) is 30.7 Å². The molecule has 2 aliphatic heterocycles. The Morgan fingerprint density at radius 2 is 2.16 bits per heavy atom. The summed E-state index contributed by atoms with van der Waals surface area (Å²) in [6, 6.07) is -1.24. The number of alkyl halides is 2. The zero-order valence-electron chi connectivity index (χ0n) is 18.5. The standard InChI is InChI=1S/C22H30F2N6O2/c1-29(2)8-3-4-18(31)30-9-7-22(23,24)17(13-30)28-21-19-16(15-5-10-32-11-6-15)12-25-20(19)26-14-27-21/h3-4,12,14-15,17H,5-11,13H2,1-2H3,(H2,25,26,27,28)/b4-3+/t17-/m0/s1. The van der Waals surface area contributed by atoms with Crippen molar-refractivity contribution >= 4 is 22.8 Å². The van der Waals surface area contributed by atoms with Gasteiger partial charge in [0.15, 0.2) is 0 Å². The first-order valence-electron chi connectivity index (χ1n) is 11.0. The molecule has 2 aliphatic rings. The number of amides is 1. The molecular weight excluding hydrogens is 418 g/mol.